The van der Waals surface area contributed by atoms with Gasteiger partial charge in [0.15, 0.2) is 0 Å². The van der Waals surface area contributed by atoms with Gasteiger partial charge in [0, 0.05) is 52.4 Å². The first-order chi connectivity index (χ1) is 11.6. The maximum atomic E-state index is 12.4. The molecule has 0 aromatic heterocycles. The zero-order valence-electron chi connectivity index (χ0n) is 14.9. The van der Waals surface area contributed by atoms with E-state index >= 15 is 0 Å². The van der Waals surface area contributed by atoms with Gasteiger partial charge >= 0.3 is 6.03 Å². The fourth-order valence-corrected chi connectivity index (χ4v) is 3.53. The SMILES string of the molecule is CCCCN(C)C(=O)N1CCC2(CC1)OOC1(CCCCC1)OO2. The van der Waals surface area contributed by atoms with Gasteiger partial charge in [0.2, 0.25) is 11.6 Å². The number of hydrogen-bond donors (Lipinski definition) is 0. The summed E-state index contributed by atoms with van der Waals surface area (Å²) in [6, 6.07) is 0.0692. The van der Waals surface area contributed by atoms with E-state index in [4.69, 9.17) is 19.6 Å². The van der Waals surface area contributed by atoms with E-state index in [-0.39, 0.29) is 6.03 Å². The van der Waals surface area contributed by atoms with E-state index in [2.05, 4.69) is 6.92 Å². The van der Waals surface area contributed by atoms with Crippen molar-refractivity contribution < 1.29 is 24.3 Å². The van der Waals surface area contributed by atoms with Crippen LogP contribution in [0.4, 0.5) is 4.79 Å². The molecule has 0 unspecified atom stereocenters. The van der Waals surface area contributed by atoms with Gasteiger partial charge in [-0.3, -0.25) is 0 Å². The van der Waals surface area contributed by atoms with Crippen LogP contribution in [-0.2, 0) is 19.6 Å². The number of carbonyl (C=O) groups is 1. The molecule has 0 aromatic rings. The van der Waals surface area contributed by atoms with Gasteiger partial charge in [0.25, 0.3) is 0 Å². The lowest BCUT2D eigenvalue weighted by Gasteiger charge is -2.47. The van der Waals surface area contributed by atoms with Gasteiger partial charge in [-0.1, -0.05) is 19.8 Å². The average Bonchev–Trinajstić information content (AvgIpc) is 2.63. The van der Waals surface area contributed by atoms with Crippen LogP contribution in [0, 0.1) is 0 Å². The Labute approximate surface area is 144 Å². The van der Waals surface area contributed by atoms with Crippen LogP contribution < -0.4 is 0 Å². The fraction of sp³-hybridized carbons (Fsp3) is 0.941. The Morgan fingerprint density at radius 3 is 2.04 bits per heavy atom. The first-order valence-corrected chi connectivity index (χ1v) is 9.32. The minimum Gasteiger partial charge on any atom is -0.328 e. The van der Waals surface area contributed by atoms with Crippen molar-refractivity contribution in [3.8, 4) is 0 Å². The van der Waals surface area contributed by atoms with Crippen molar-refractivity contribution in [2.75, 3.05) is 26.7 Å². The Balaban J connectivity index is 1.47. The summed E-state index contributed by atoms with van der Waals surface area (Å²) in [6.07, 6.45) is 8.13. The summed E-state index contributed by atoms with van der Waals surface area (Å²) in [6.45, 7) is 4.07. The van der Waals surface area contributed by atoms with Crippen molar-refractivity contribution in [2.24, 2.45) is 0 Å². The molecule has 0 bridgehead atoms. The predicted molar refractivity (Wildman–Crippen MR) is 86.6 cm³/mol. The topological polar surface area (TPSA) is 60.5 Å². The summed E-state index contributed by atoms with van der Waals surface area (Å²) in [4.78, 5) is 38.6. The molecule has 2 spiro atoms. The van der Waals surface area contributed by atoms with Crippen LogP contribution in [-0.4, -0.2) is 54.1 Å². The van der Waals surface area contributed by atoms with E-state index in [0.29, 0.717) is 25.9 Å². The highest BCUT2D eigenvalue weighted by Gasteiger charge is 2.51. The maximum absolute atomic E-state index is 12.4. The number of amides is 2. The Kier molecular flexibility index (Phi) is 5.64. The molecule has 3 aliphatic rings. The highest BCUT2D eigenvalue weighted by atomic mass is 17.4. The Morgan fingerprint density at radius 1 is 0.958 bits per heavy atom. The first-order valence-electron chi connectivity index (χ1n) is 9.32. The Morgan fingerprint density at radius 2 is 1.50 bits per heavy atom. The van der Waals surface area contributed by atoms with E-state index in [1.54, 1.807) is 4.90 Å². The van der Waals surface area contributed by atoms with Gasteiger partial charge in [-0.25, -0.2) is 4.79 Å². The summed E-state index contributed by atoms with van der Waals surface area (Å²) in [5.74, 6) is -1.60. The van der Waals surface area contributed by atoms with Crippen molar-refractivity contribution in [2.45, 2.75) is 76.3 Å². The number of nitrogens with zero attached hydrogens (tertiary/aromatic N) is 2. The molecule has 3 rings (SSSR count). The van der Waals surface area contributed by atoms with Gasteiger partial charge in [-0.2, -0.15) is 19.6 Å². The van der Waals surface area contributed by atoms with Gasteiger partial charge in [-0.15, -0.1) is 0 Å². The van der Waals surface area contributed by atoms with Gasteiger partial charge in [-0.05, 0) is 19.3 Å². The minimum absolute atomic E-state index is 0.0692. The number of hydrogen-bond acceptors (Lipinski definition) is 5. The van der Waals surface area contributed by atoms with Crippen LogP contribution in [0.2, 0.25) is 0 Å². The van der Waals surface area contributed by atoms with Crippen molar-refractivity contribution in [3.63, 3.8) is 0 Å². The zero-order valence-corrected chi connectivity index (χ0v) is 14.9. The third-order valence-electron chi connectivity index (χ3n) is 5.28. The van der Waals surface area contributed by atoms with Gasteiger partial charge < -0.3 is 9.80 Å². The van der Waals surface area contributed by atoms with Crippen LogP contribution in [0.3, 0.4) is 0 Å². The van der Waals surface area contributed by atoms with E-state index in [1.165, 1.54) is 6.42 Å². The lowest BCUT2D eigenvalue weighted by Crippen LogP contribution is -2.57. The number of unbranched alkanes of at least 4 members (excludes halogenated alkanes) is 1. The van der Waals surface area contributed by atoms with Crippen LogP contribution in [0.25, 0.3) is 0 Å². The third-order valence-corrected chi connectivity index (χ3v) is 5.28. The summed E-state index contributed by atoms with van der Waals surface area (Å²) in [5.41, 5.74) is 0. The number of carbonyl (C=O) groups excluding carboxylic acids is 1. The van der Waals surface area contributed by atoms with E-state index < -0.39 is 11.6 Å². The molecule has 24 heavy (non-hydrogen) atoms. The molecule has 1 aliphatic carbocycles. The van der Waals surface area contributed by atoms with E-state index in [1.807, 2.05) is 11.9 Å². The molecule has 0 atom stereocenters. The molecular formula is C17H30N2O5. The number of urea groups is 1. The van der Waals surface area contributed by atoms with Crippen molar-refractivity contribution in [1.29, 1.82) is 0 Å². The Hall–Kier alpha value is -0.890. The molecule has 7 heteroatoms. The number of piperidine rings is 1. The molecule has 1 saturated carbocycles. The van der Waals surface area contributed by atoms with E-state index in [0.717, 1.165) is 45.1 Å². The van der Waals surface area contributed by atoms with Crippen molar-refractivity contribution >= 4 is 6.03 Å². The lowest BCUT2D eigenvalue weighted by molar-refractivity contribution is -0.662. The second kappa shape index (κ2) is 7.56. The molecule has 7 nitrogen and oxygen atoms in total. The van der Waals surface area contributed by atoms with Gasteiger partial charge in [0.05, 0.1) is 0 Å². The molecule has 0 aromatic carbocycles. The first kappa shape index (κ1) is 17.9. The number of rotatable bonds is 3. The maximum Gasteiger partial charge on any atom is 0.319 e. The highest BCUT2D eigenvalue weighted by molar-refractivity contribution is 5.74. The second-order valence-electron chi connectivity index (χ2n) is 7.26. The van der Waals surface area contributed by atoms with Crippen molar-refractivity contribution in [1.82, 2.24) is 9.80 Å². The highest BCUT2D eigenvalue weighted by Crippen LogP contribution is 2.42. The molecule has 3 fully saturated rings. The fourth-order valence-electron chi connectivity index (χ4n) is 3.53. The molecule has 2 saturated heterocycles. The van der Waals surface area contributed by atoms with Crippen LogP contribution >= 0.6 is 0 Å². The van der Waals surface area contributed by atoms with E-state index in [9.17, 15) is 4.79 Å². The summed E-state index contributed by atoms with van der Waals surface area (Å²) < 4.78 is 0. The minimum atomic E-state index is -0.874. The van der Waals surface area contributed by atoms with Crippen LogP contribution in [0.15, 0.2) is 0 Å². The molecule has 2 heterocycles. The molecule has 0 radical (unpaired) electrons. The molecule has 138 valence electrons. The smallest absolute Gasteiger partial charge is 0.319 e. The summed E-state index contributed by atoms with van der Waals surface area (Å²) in [7, 11) is 1.86. The number of likely N-dealkylation sites (tertiary alicyclic amines) is 1. The van der Waals surface area contributed by atoms with Crippen LogP contribution in [0.5, 0.6) is 0 Å². The predicted octanol–water partition coefficient (Wildman–Crippen LogP) is 3.20. The quantitative estimate of drug-likeness (QED) is 0.737. The second-order valence-corrected chi connectivity index (χ2v) is 7.26. The average molecular weight is 342 g/mol. The largest absolute Gasteiger partial charge is 0.328 e. The summed E-state index contributed by atoms with van der Waals surface area (Å²) >= 11 is 0. The Bertz CT molecular complexity index is 419. The van der Waals surface area contributed by atoms with Gasteiger partial charge in [0.1, 0.15) is 0 Å². The molecule has 2 aliphatic heterocycles. The summed E-state index contributed by atoms with van der Waals surface area (Å²) in [5, 5.41) is 0. The normalized spacial score (nSPS) is 25.8. The molecule has 2 amide bonds. The van der Waals surface area contributed by atoms with Crippen LogP contribution in [0.1, 0.15) is 64.7 Å². The monoisotopic (exact) mass is 342 g/mol. The third kappa shape index (κ3) is 3.85. The lowest BCUT2D eigenvalue weighted by atomic mass is 9.94. The standard InChI is InChI=1S/C17H30N2O5/c1-3-4-12-18(2)15(20)19-13-10-17(11-14-19)23-21-16(22-24-17)8-6-5-7-9-16/h3-14H2,1-2H3. The van der Waals surface area contributed by atoms with Crippen molar-refractivity contribution in [3.05, 3.63) is 0 Å². The molecule has 0 N–H and O–H groups in total. The molecular weight excluding hydrogens is 312 g/mol. The zero-order chi connectivity index (χ0) is 17.0.